The Morgan fingerprint density at radius 1 is 1.17 bits per heavy atom. The van der Waals surface area contributed by atoms with Crippen LogP contribution in [0.3, 0.4) is 0 Å². The van der Waals surface area contributed by atoms with Gasteiger partial charge in [0.2, 0.25) is 0 Å². The van der Waals surface area contributed by atoms with Gasteiger partial charge in [0.1, 0.15) is 5.75 Å². The highest BCUT2D eigenvalue weighted by molar-refractivity contribution is 5.39. The van der Waals surface area contributed by atoms with E-state index in [-0.39, 0.29) is 0 Å². The number of hydrogen-bond acceptors (Lipinski definition) is 3. The van der Waals surface area contributed by atoms with Crippen LogP contribution >= 0.6 is 0 Å². The summed E-state index contributed by atoms with van der Waals surface area (Å²) in [4.78, 5) is 4.29. The molecule has 0 fully saturated rings. The second-order valence-electron chi connectivity index (χ2n) is 4.47. The minimum absolute atomic E-state index is 0.800. The Kier molecular flexibility index (Phi) is 3.24. The lowest BCUT2D eigenvalue weighted by atomic mass is 10.1. The van der Waals surface area contributed by atoms with E-state index in [1.54, 1.807) is 0 Å². The quantitative estimate of drug-likeness (QED) is 0.890. The standard InChI is InChI=1S/C15H16N2O/c1-2-7-17-14(3-1)11-16-10-12-4-5-15-13(9-12)6-8-18-15/h1-5,7,9,16H,6,8,10-11H2. The van der Waals surface area contributed by atoms with Gasteiger partial charge in [0.15, 0.2) is 0 Å². The Morgan fingerprint density at radius 3 is 3.06 bits per heavy atom. The van der Waals surface area contributed by atoms with Crippen molar-refractivity contribution in [3.63, 3.8) is 0 Å². The zero-order chi connectivity index (χ0) is 12.2. The lowest BCUT2D eigenvalue weighted by molar-refractivity contribution is 0.357. The van der Waals surface area contributed by atoms with Crippen molar-refractivity contribution < 1.29 is 4.74 Å². The maximum Gasteiger partial charge on any atom is 0.122 e. The maximum absolute atomic E-state index is 5.50. The maximum atomic E-state index is 5.50. The molecule has 92 valence electrons. The fraction of sp³-hybridized carbons (Fsp3) is 0.267. The number of benzene rings is 1. The van der Waals surface area contributed by atoms with Crippen LogP contribution in [0, 0.1) is 0 Å². The molecule has 0 unspecified atom stereocenters. The fourth-order valence-electron chi connectivity index (χ4n) is 2.19. The molecule has 2 heterocycles. The van der Waals surface area contributed by atoms with Gasteiger partial charge in [-0.15, -0.1) is 0 Å². The summed E-state index contributed by atoms with van der Waals surface area (Å²) in [7, 11) is 0. The van der Waals surface area contributed by atoms with Gasteiger partial charge in [0.05, 0.1) is 12.3 Å². The molecule has 0 saturated carbocycles. The minimum atomic E-state index is 0.800. The van der Waals surface area contributed by atoms with E-state index in [1.807, 2.05) is 24.4 Å². The summed E-state index contributed by atoms with van der Waals surface area (Å²) in [6.45, 7) is 2.48. The third-order valence-corrected chi connectivity index (χ3v) is 3.12. The molecule has 0 spiro atoms. The molecule has 3 nitrogen and oxygen atoms in total. The molecule has 1 aliphatic heterocycles. The second kappa shape index (κ2) is 5.19. The van der Waals surface area contributed by atoms with Crippen molar-refractivity contribution in [1.82, 2.24) is 10.3 Å². The lowest BCUT2D eigenvalue weighted by Gasteiger charge is -2.06. The number of nitrogens with zero attached hydrogens (tertiary/aromatic N) is 1. The van der Waals surface area contributed by atoms with E-state index in [1.165, 1.54) is 11.1 Å². The topological polar surface area (TPSA) is 34.1 Å². The average molecular weight is 240 g/mol. The van der Waals surface area contributed by atoms with Crippen LogP contribution in [0.4, 0.5) is 0 Å². The largest absolute Gasteiger partial charge is 0.493 e. The lowest BCUT2D eigenvalue weighted by Crippen LogP contribution is -2.13. The predicted octanol–water partition coefficient (Wildman–Crippen LogP) is 2.31. The van der Waals surface area contributed by atoms with E-state index in [9.17, 15) is 0 Å². The first kappa shape index (κ1) is 11.2. The van der Waals surface area contributed by atoms with Crippen LogP contribution in [-0.2, 0) is 19.5 Å². The Morgan fingerprint density at radius 2 is 2.17 bits per heavy atom. The first-order chi connectivity index (χ1) is 8.92. The van der Waals surface area contributed by atoms with Crippen LogP contribution in [0.2, 0.25) is 0 Å². The highest BCUT2D eigenvalue weighted by atomic mass is 16.5. The van der Waals surface area contributed by atoms with Crippen molar-refractivity contribution in [3.8, 4) is 5.75 Å². The molecule has 0 aliphatic carbocycles. The molecule has 0 saturated heterocycles. The van der Waals surface area contributed by atoms with Crippen LogP contribution in [0.25, 0.3) is 0 Å². The molecule has 1 aliphatic rings. The first-order valence-electron chi connectivity index (χ1n) is 6.27. The van der Waals surface area contributed by atoms with Crippen LogP contribution < -0.4 is 10.1 Å². The summed E-state index contributed by atoms with van der Waals surface area (Å²) in [5.41, 5.74) is 3.70. The van der Waals surface area contributed by atoms with E-state index in [2.05, 4.69) is 28.5 Å². The van der Waals surface area contributed by atoms with Crippen molar-refractivity contribution >= 4 is 0 Å². The van der Waals surface area contributed by atoms with Gasteiger partial charge in [-0.05, 0) is 29.3 Å². The van der Waals surface area contributed by atoms with Gasteiger partial charge in [-0.25, -0.2) is 0 Å². The smallest absolute Gasteiger partial charge is 0.122 e. The molecule has 3 rings (SSSR count). The minimum Gasteiger partial charge on any atom is -0.493 e. The van der Waals surface area contributed by atoms with E-state index in [0.29, 0.717) is 0 Å². The van der Waals surface area contributed by atoms with Gasteiger partial charge in [-0.1, -0.05) is 18.2 Å². The van der Waals surface area contributed by atoms with E-state index >= 15 is 0 Å². The van der Waals surface area contributed by atoms with Gasteiger partial charge in [0.25, 0.3) is 0 Å². The summed E-state index contributed by atoms with van der Waals surface area (Å²) in [6.07, 6.45) is 2.85. The summed E-state index contributed by atoms with van der Waals surface area (Å²) < 4.78 is 5.50. The molecule has 18 heavy (non-hydrogen) atoms. The van der Waals surface area contributed by atoms with E-state index in [4.69, 9.17) is 4.74 Å². The average Bonchev–Trinajstić information content (AvgIpc) is 2.87. The predicted molar refractivity (Wildman–Crippen MR) is 70.4 cm³/mol. The zero-order valence-electron chi connectivity index (χ0n) is 10.2. The van der Waals surface area contributed by atoms with Crippen LogP contribution in [0.15, 0.2) is 42.6 Å². The Balaban J connectivity index is 1.57. The first-order valence-corrected chi connectivity index (χ1v) is 6.27. The van der Waals surface area contributed by atoms with Gasteiger partial charge >= 0.3 is 0 Å². The third-order valence-electron chi connectivity index (χ3n) is 3.12. The van der Waals surface area contributed by atoms with Crippen molar-refractivity contribution in [2.24, 2.45) is 0 Å². The fourth-order valence-corrected chi connectivity index (χ4v) is 2.19. The number of hydrogen-bond donors (Lipinski definition) is 1. The second-order valence-corrected chi connectivity index (χ2v) is 4.47. The van der Waals surface area contributed by atoms with Gasteiger partial charge < -0.3 is 10.1 Å². The molecule has 0 atom stereocenters. The van der Waals surface area contributed by atoms with Gasteiger partial charge in [-0.2, -0.15) is 0 Å². The monoisotopic (exact) mass is 240 g/mol. The third kappa shape index (κ3) is 2.51. The molecule has 0 amide bonds. The number of fused-ring (bicyclic) bond motifs is 1. The SMILES string of the molecule is c1ccc(CNCc2ccc3c(c2)CCO3)nc1. The zero-order valence-corrected chi connectivity index (χ0v) is 10.2. The Labute approximate surface area is 107 Å². The Hall–Kier alpha value is -1.87. The molecule has 1 N–H and O–H groups in total. The summed E-state index contributed by atoms with van der Waals surface area (Å²) in [5, 5.41) is 3.41. The van der Waals surface area contributed by atoms with E-state index < -0.39 is 0 Å². The highest BCUT2D eigenvalue weighted by Gasteiger charge is 2.11. The molecule has 1 aromatic heterocycles. The van der Waals surface area contributed by atoms with Crippen LogP contribution in [0.1, 0.15) is 16.8 Å². The molecular weight excluding hydrogens is 224 g/mol. The van der Waals surface area contributed by atoms with Crippen molar-refractivity contribution in [2.75, 3.05) is 6.61 Å². The molecular formula is C15H16N2O. The molecule has 1 aromatic carbocycles. The molecule has 0 radical (unpaired) electrons. The molecule has 3 heteroatoms. The van der Waals surface area contributed by atoms with E-state index in [0.717, 1.165) is 37.6 Å². The summed E-state index contributed by atoms with van der Waals surface area (Å²) >= 11 is 0. The summed E-state index contributed by atoms with van der Waals surface area (Å²) in [6, 6.07) is 12.4. The van der Waals surface area contributed by atoms with Crippen LogP contribution in [-0.4, -0.2) is 11.6 Å². The number of rotatable bonds is 4. The van der Waals surface area contributed by atoms with Crippen molar-refractivity contribution in [2.45, 2.75) is 19.5 Å². The summed E-state index contributed by atoms with van der Waals surface area (Å²) in [5.74, 6) is 1.04. The number of ether oxygens (including phenoxy) is 1. The molecule has 2 aromatic rings. The normalized spacial score (nSPS) is 13.1. The van der Waals surface area contributed by atoms with Crippen molar-refractivity contribution in [3.05, 3.63) is 59.4 Å². The van der Waals surface area contributed by atoms with Gasteiger partial charge in [-0.3, -0.25) is 4.98 Å². The number of aromatic nitrogens is 1. The van der Waals surface area contributed by atoms with Crippen molar-refractivity contribution in [1.29, 1.82) is 0 Å². The number of nitrogens with one attached hydrogen (secondary N) is 1. The Bertz CT molecular complexity index is 525. The highest BCUT2D eigenvalue weighted by Crippen LogP contribution is 2.25. The number of pyridine rings is 1. The van der Waals surface area contributed by atoms with Crippen LogP contribution in [0.5, 0.6) is 5.75 Å². The molecule has 0 bridgehead atoms. The van der Waals surface area contributed by atoms with Gasteiger partial charge in [0, 0.05) is 25.7 Å².